The number of hydrogen-bond donors (Lipinski definition) is 2. The number of amides is 2. The molecule has 1 aliphatic carbocycles. The van der Waals surface area contributed by atoms with Crippen molar-refractivity contribution in [3.05, 3.63) is 29.8 Å². The molecule has 0 spiro atoms. The van der Waals surface area contributed by atoms with Crippen molar-refractivity contribution in [1.82, 2.24) is 4.90 Å². The van der Waals surface area contributed by atoms with Gasteiger partial charge in [-0.3, -0.25) is 14.5 Å². The molecule has 1 saturated carbocycles. The van der Waals surface area contributed by atoms with Crippen LogP contribution in [0.5, 0.6) is 0 Å². The zero-order chi connectivity index (χ0) is 15.0. The number of nitrogen functional groups attached to an aromatic ring is 1. The van der Waals surface area contributed by atoms with Crippen LogP contribution in [0.25, 0.3) is 0 Å². The number of imide groups is 1. The summed E-state index contributed by atoms with van der Waals surface area (Å²) < 4.78 is 0. The Hall–Kier alpha value is -1.88. The Bertz CT molecular complexity index is 531. The minimum atomic E-state index is -0.862. The van der Waals surface area contributed by atoms with Gasteiger partial charge in [-0.05, 0) is 30.5 Å². The number of carbonyl (C=O) groups excluding carboxylic acids is 2. The third-order valence-corrected chi connectivity index (χ3v) is 4.61. The number of benzene rings is 1. The molecule has 0 radical (unpaired) electrons. The number of nitrogens with two attached hydrogens (primary N) is 1. The van der Waals surface area contributed by atoms with Gasteiger partial charge < -0.3 is 10.8 Å². The van der Waals surface area contributed by atoms with Gasteiger partial charge in [0.2, 0.25) is 11.8 Å². The lowest BCUT2D eigenvalue weighted by atomic mass is 9.81. The number of likely N-dealkylation sites (tertiary alicyclic amines) is 1. The maximum Gasteiger partial charge on any atom is 0.233 e. The Morgan fingerprint density at radius 1 is 1.10 bits per heavy atom. The molecular weight excluding hydrogens is 268 g/mol. The van der Waals surface area contributed by atoms with Crippen LogP contribution in [-0.2, 0) is 9.59 Å². The lowest BCUT2D eigenvalue weighted by Gasteiger charge is -2.19. The molecule has 0 bridgehead atoms. The fraction of sp³-hybridized carbons (Fsp3) is 0.500. The van der Waals surface area contributed by atoms with E-state index in [1.54, 1.807) is 24.3 Å². The Balaban J connectivity index is 1.73. The van der Waals surface area contributed by atoms with Crippen molar-refractivity contribution in [1.29, 1.82) is 0 Å². The van der Waals surface area contributed by atoms with E-state index in [1.807, 2.05) is 0 Å². The average molecular weight is 288 g/mol. The maximum absolute atomic E-state index is 12.3. The number of anilines is 1. The quantitative estimate of drug-likeness (QED) is 0.652. The van der Waals surface area contributed by atoms with Gasteiger partial charge in [-0.25, -0.2) is 0 Å². The van der Waals surface area contributed by atoms with E-state index >= 15 is 0 Å². The van der Waals surface area contributed by atoms with E-state index in [9.17, 15) is 14.7 Å². The molecule has 1 saturated heterocycles. The first kappa shape index (κ1) is 14.1. The second kappa shape index (κ2) is 5.48. The molecule has 3 rings (SSSR count). The van der Waals surface area contributed by atoms with Crippen LogP contribution >= 0.6 is 0 Å². The summed E-state index contributed by atoms with van der Waals surface area (Å²) in [5.74, 6) is -0.548. The summed E-state index contributed by atoms with van der Waals surface area (Å²) >= 11 is 0. The lowest BCUT2D eigenvalue weighted by molar-refractivity contribution is -0.141. The molecule has 2 amide bonds. The van der Waals surface area contributed by atoms with Gasteiger partial charge in [-0.15, -0.1) is 0 Å². The van der Waals surface area contributed by atoms with Crippen molar-refractivity contribution in [2.45, 2.75) is 31.8 Å². The standard InChI is InChI=1S/C16H20N2O3/c17-11-7-5-10(6-8-11)14(19)9-18-15(20)12-3-1-2-4-13(12)16(18)21/h5-8,12-14,19H,1-4,9,17H2. The highest BCUT2D eigenvalue weighted by Crippen LogP contribution is 2.38. The van der Waals surface area contributed by atoms with Crippen molar-refractivity contribution in [3.63, 3.8) is 0 Å². The largest absolute Gasteiger partial charge is 0.399 e. The van der Waals surface area contributed by atoms with Crippen molar-refractivity contribution in [2.24, 2.45) is 11.8 Å². The Morgan fingerprint density at radius 2 is 1.62 bits per heavy atom. The molecule has 5 heteroatoms. The predicted octanol–water partition coefficient (Wildman–Crippen LogP) is 1.48. The Kier molecular flexibility index (Phi) is 3.68. The van der Waals surface area contributed by atoms with E-state index in [2.05, 4.69) is 0 Å². The van der Waals surface area contributed by atoms with E-state index in [0.29, 0.717) is 11.3 Å². The number of hydrogen-bond acceptors (Lipinski definition) is 4. The SMILES string of the molecule is Nc1ccc(C(O)CN2C(=O)C3CCCCC3C2=O)cc1. The second-order valence-corrected chi connectivity index (χ2v) is 5.97. The summed E-state index contributed by atoms with van der Waals surface area (Å²) in [5, 5.41) is 10.3. The molecule has 3 atom stereocenters. The number of carbonyl (C=O) groups is 2. The van der Waals surface area contributed by atoms with Crippen LogP contribution in [0, 0.1) is 11.8 Å². The third kappa shape index (κ3) is 2.53. The molecular formula is C16H20N2O3. The highest BCUT2D eigenvalue weighted by molar-refractivity contribution is 6.05. The van der Waals surface area contributed by atoms with Crippen molar-refractivity contribution < 1.29 is 14.7 Å². The van der Waals surface area contributed by atoms with Gasteiger partial charge in [0.25, 0.3) is 0 Å². The van der Waals surface area contributed by atoms with E-state index in [-0.39, 0.29) is 30.2 Å². The number of β-amino-alcohol motifs (C(OH)–C–C–N with tert-alkyl or cyclic N) is 1. The fourth-order valence-electron chi connectivity index (χ4n) is 3.41. The summed E-state index contributed by atoms with van der Waals surface area (Å²) in [5.41, 5.74) is 6.90. The van der Waals surface area contributed by atoms with E-state index in [1.165, 1.54) is 4.90 Å². The van der Waals surface area contributed by atoms with Crippen LogP contribution < -0.4 is 5.73 Å². The Morgan fingerprint density at radius 3 is 2.14 bits per heavy atom. The van der Waals surface area contributed by atoms with Crippen molar-refractivity contribution >= 4 is 17.5 Å². The van der Waals surface area contributed by atoms with Gasteiger partial charge in [0.15, 0.2) is 0 Å². The predicted molar refractivity (Wildman–Crippen MR) is 78.0 cm³/mol. The lowest BCUT2D eigenvalue weighted by Crippen LogP contribution is -2.35. The molecule has 0 aromatic heterocycles. The van der Waals surface area contributed by atoms with Gasteiger partial charge in [-0.2, -0.15) is 0 Å². The van der Waals surface area contributed by atoms with E-state index in [4.69, 9.17) is 5.73 Å². The molecule has 1 aromatic carbocycles. The first-order valence-electron chi connectivity index (χ1n) is 7.46. The van der Waals surface area contributed by atoms with Crippen LogP contribution in [0.1, 0.15) is 37.4 Å². The molecule has 3 unspecified atom stereocenters. The van der Waals surface area contributed by atoms with Gasteiger partial charge in [0, 0.05) is 5.69 Å². The smallest absolute Gasteiger partial charge is 0.233 e. The maximum atomic E-state index is 12.3. The van der Waals surface area contributed by atoms with Crippen molar-refractivity contribution in [2.75, 3.05) is 12.3 Å². The number of rotatable bonds is 3. The number of fused-ring (bicyclic) bond motifs is 1. The van der Waals surface area contributed by atoms with Crippen LogP contribution in [-0.4, -0.2) is 28.4 Å². The molecule has 1 aliphatic heterocycles. The molecule has 2 aliphatic rings. The highest BCUT2D eigenvalue weighted by atomic mass is 16.3. The molecule has 3 N–H and O–H groups in total. The third-order valence-electron chi connectivity index (χ3n) is 4.61. The van der Waals surface area contributed by atoms with E-state index in [0.717, 1.165) is 25.7 Å². The second-order valence-electron chi connectivity index (χ2n) is 5.97. The molecule has 2 fully saturated rings. The monoisotopic (exact) mass is 288 g/mol. The fourth-order valence-corrected chi connectivity index (χ4v) is 3.41. The topological polar surface area (TPSA) is 83.6 Å². The summed E-state index contributed by atoms with van der Waals surface area (Å²) in [7, 11) is 0. The van der Waals surface area contributed by atoms with Crippen LogP contribution in [0.15, 0.2) is 24.3 Å². The highest BCUT2D eigenvalue weighted by Gasteiger charge is 2.48. The first-order valence-corrected chi connectivity index (χ1v) is 7.46. The van der Waals surface area contributed by atoms with Crippen LogP contribution in [0.4, 0.5) is 5.69 Å². The number of nitrogens with zero attached hydrogens (tertiary/aromatic N) is 1. The van der Waals surface area contributed by atoms with Crippen molar-refractivity contribution in [3.8, 4) is 0 Å². The van der Waals surface area contributed by atoms with Gasteiger partial charge in [0.1, 0.15) is 0 Å². The zero-order valence-corrected chi connectivity index (χ0v) is 11.9. The molecule has 1 aromatic rings. The molecule has 1 heterocycles. The summed E-state index contributed by atoms with van der Waals surface area (Å²) in [6.45, 7) is 0.0363. The van der Waals surface area contributed by atoms with Crippen LogP contribution in [0.2, 0.25) is 0 Å². The van der Waals surface area contributed by atoms with E-state index < -0.39 is 6.10 Å². The summed E-state index contributed by atoms with van der Waals surface area (Å²) in [6, 6.07) is 6.84. The van der Waals surface area contributed by atoms with Gasteiger partial charge in [-0.1, -0.05) is 25.0 Å². The summed E-state index contributed by atoms with van der Waals surface area (Å²) in [6.07, 6.45) is 2.75. The minimum absolute atomic E-state index is 0.0363. The zero-order valence-electron chi connectivity index (χ0n) is 11.9. The minimum Gasteiger partial charge on any atom is -0.399 e. The molecule has 5 nitrogen and oxygen atoms in total. The normalized spacial score (nSPS) is 26.8. The average Bonchev–Trinajstić information content (AvgIpc) is 2.73. The molecule has 112 valence electrons. The van der Waals surface area contributed by atoms with Crippen LogP contribution in [0.3, 0.4) is 0 Å². The number of aliphatic hydroxyl groups excluding tert-OH is 1. The molecule has 21 heavy (non-hydrogen) atoms. The van der Waals surface area contributed by atoms with Gasteiger partial charge >= 0.3 is 0 Å². The Labute approximate surface area is 123 Å². The van der Waals surface area contributed by atoms with Gasteiger partial charge in [0.05, 0.1) is 24.5 Å². The number of aliphatic hydroxyl groups is 1. The first-order chi connectivity index (χ1) is 10.1. The summed E-state index contributed by atoms with van der Waals surface area (Å²) in [4.78, 5) is 25.9.